The Morgan fingerprint density at radius 2 is 1.88 bits per heavy atom. The van der Waals surface area contributed by atoms with Gasteiger partial charge in [0.2, 0.25) is 0 Å². The summed E-state index contributed by atoms with van der Waals surface area (Å²) in [6.45, 7) is 16.7. The molecule has 1 amide bonds. The largest absolute Gasteiger partial charge is 0.495 e. The van der Waals surface area contributed by atoms with E-state index in [0.29, 0.717) is 6.54 Å². The smallest absolute Gasteiger partial charge is 0.444 e. The van der Waals surface area contributed by atoms with E-state index in [1.807, 2.05) is 27.0 Å². The second-order valence-corrected chi connectivity index (χ2v) is 11.2. The van der Waals surface area contributed by atoms with Gasteiger partial charge in [0, 0.05) is 6.54 Å². The Morgan fingerprint density at radius 1 is 1.21 bits per heavy atom. The lowest BCUT2D eigenvalue weighted by atomic mass is 9.75. The first-order valence-electron chi connectivity index (χ1n) is 11.8. The van der Waals surface area contributed by atoms with Gasteiger partial charge in [-0.25, -0.2) is 9.78 Å². The van der Waals surface area contributed by atoms with Crippen LogP contribution in [0.1, 0.15) is 78.7 Å². The number of amides is 1. The summed E-state index contributed by atoms with van der Waals surface area (Å²) in [6.07, 6.45) is 3.35. The van der Waals surface area contributed by atoms with Crippen LogP contribution in [0.5, 0.6) is 0 Å². The van der Waals surface area contributed by atoms with Gasteiger partial charge in [-0.05, 0) is 79.3 Å². The minimum absolute atomic E-state index is 0.0984. The molecule has 1 atom stereocenters. The molecule has 0 saturated carbocycles. The molecule has 1 aromatic carbocycles. The maximum Gasteiger partial charge on any atom is 0.495 e. The summed E-state index contributed by atoms with van der Waals surface area (Å²) in [5, 5.41) is 0. The molecule has 0 aliphatic carbocycles. The summed E-state index contributed by atoms with van der Waals surface area (Å²) in [5.41, 5.74) is 2.82. The van der Waals surface area contributed by atoms with Crippen molar-refractivity contribution in [2.75, 3.05) is 6.54 Å². The monoisotopic (exact) mass is 453 g/mol. The third kappa shape index (κ3) is 4.69. The van der Waals surface area contributed by atoms with E-state index < -0.39 is 5.60 Å². The fourth-order valence-electron chi connectivity index (χ4n) is 4.32. The van der Waals surface area contributed by atoms with Crippen molar-refractivity contribution in [1.29, 1.82) is 0 Å². The number of imidazole rings is 1. The van der Waals surface area contributed by atoms with Crippen molar-refractivity contribution >= 4 is 18.7 Å². The highest BCUT2D eigenvalue weighted by Crippen LogP contribution is 2.37. The van der Waals surface area contributed by atoms with Gasteiger partial charge in [-0.15, -0.1) is 0 Å². The lowest BCUT2D eigenvalue weighted by Gasteiger charge is -2.32. The van der Waals surface area contributed by atoms with E-state index in [1.54, 1.807) is 4.90 Å². The molecule has 33 heavy (non-hydrogen) atoms. The molecule has 2 aromatic rings. The van der Waals surface area contributed by atoms with Gasteiger partial charge in [0.15, 0.2) is 0 Å². The number of aromatic amines is 1. The first-order chi connectivity index (χ1) is 15.3. The van der Waals surface area contributed by atoms with Crippen LogP contribution in [0.15, 0.2) is 24.4 Å². The summed E-state index contributed by atoms with van der Waals surface area (Å²) in [6, 6.07) is 6.15. The number of benzene rings is 1. The molecule has 3 heterocycles. The normalized spacial score (nSPS) is 22.1. The highest BCUT2D eigenvalue weighted by molar-refractivity contribution is 6.62. The number of carbonyl (C=O) groups is 1. The first-order valence-corrected chi connectivity index (χ1v) is 11.8. The molecule has 2 aliphatic rings. The van der Waals surface area contributed by atoms with Crippen molar-refractivity contribution in [1.82, 2.24) is 14.9 Å². The SMILES string of the molecule is Cc1cc(-c2cnc(C3CCCN3C(=O)OC(C)(C)C)[nH]2)ccc1B1OC(C)(C)C(C)(C)O1. The zero-order valence-corrected chi connectivity index (χ0v) is 21.1. The molecule has 2 aliphatic heterocycles. The number of nitrogens with one attached hydrogen (secondary N) is 1. The maximum absolute atomic E-state index is 12.7. The van der Waals surface area contributed by atoms with Gasteiger partial charge in [0.1, 0.15) is 11.4 Å². The van der Waals surface area contributed by atoms with E-state index in [1.165, 1.54) is 0 Å². The standard InChI is InChI=1S/C25H36BN3O4/c1-16-14-17(11-12-18(16)26-32-24(5,6)25(7,8)33-26)19-15-27-21(28-19)20-10-9-13-29(20)22(30)31-23(2,3)4/h11-12,14-15,20H,9-10,13H2,1-8H3,(H,27,28). The molecule has 1 N–H and O–H groups in total. The highest BCUT2D eigenvalue weighted by atomic mass is 16.7. The minimum Gasteiger partial charge on any atom is -0.444 e. The maximum atomic E-state index is 12.7. The molecule has 0 radical (unpaired) electrons. The molecule has 1 aromatic heterocycles. The predicted octanol–water partition coefficient (Wildman–Crippen LogP) is 4.76. The summed E-state index contributed by atoms with van der Waals surface area (Å²) >= 11 is 0. The number of hydrogen-bond acceptors (Lipinski definition) is 5. The Balaban J connectivity index is 1.52. The topological polar surface area (TPSA) is 76.7 Å². The summed E-state index contributed by atoms with van der Waals surface area (Å²) in [5.74, 6) is 0.793. The van der Waals surface area contributed by atoms with Gasteiger partial charge in [0.25, 0.3) is 0 Å². The molecule has 8 heteroatoms. The predicted molar refractivity (Wildman–Crippen MR) is 129 cm³/mol. The van der Waals surface area contributed by atoms with Crippen molar-refractivity contribution in [3.63, 3.8) is 0 Å². The van der Waals surface area contributed by atoms with Crippen molar-refractivity contribution in [2.24, 2.45) is 0 Å². The lowest BCUT2D eigenvalue weighted by molar-refractivity contribution is 0.00578. The van der Waals surface area contributed by atoms with E-state index in [-0.39, 0.29) is 30.5 Å². The number of carbonyl (C=O) groups excluding carboxylic acids is 1. The van der Waals surface area contributed by atoms with Crippen LogP contribution in [-0.2, 0) is 14.0 Å². The van der Waals surface area contributed by atoms with Crippen LogP contribution in [0.25, 0.3) is 11.3 Å². The van der Waals surface area contributed by atoms with Crippen LogP contribution in [0, 0.1) is 6.92 Å². The summed E-state index contributed by atoms with van der Waals surface area (Å²) in [4.78, 5) is 22.5. The van der Waals surface area contributed by atoms with Gasteiger partial charge in [-0.1, -0.05) is 23.8 Å². The zero-order valence-electron chi connectivity index (χ0n) is 21.1. The first kappa shape index (κ1) is 23.8. The minimum atomic E-state index is -0.519. The molecule has 4 rings (SSSR count). The van der Waals surface area contributed by atoms with E-state index in [9.17, 15) is 4.79 Å². The van der Waals surface area contributed by atoms with Gasteiger partial charge in [-0.2, -0.15) is 0 Å². The van der Waals surface area contributed by atoms with Gasteiger partial charge < -0.3 is 19.0 Å². The van der Waals surface area contributed by atoms with E-state index in [4.69, 9.17) is 14.0 Å². The molecular formula is C25H36BN3O4. The van der Waals surface area contributed by atoms with Gasteiger partial charge in [-0.3, -0.25) is 4.90 Å². The second kappa shape index (κ2) is 8.17. The Kier molecular flexibility index (Phi) is 5.90. The highest BCUT2D eigenvalue weighted by Gasteiger charge is 2.52. The fraction of sp³-hybridized carbons (Fsp3) is 0.600. The van der Waals surface area contributed by atoms with Crippen LogP contribution >= 0.6 is 0 Å². The van der Waals surface area contributed by atoms with Crippen LogP contribution in [0.4, 0.5) is 4.79 Å². The number of aryl methyl sites for hydroxylation is 1. The van der Waals surface area contributed by atoms with E-state index in [2.05, 4.69) is 62.8 Å². The second-order valence-electron chi connectivity index (χ2n) is 11.2. The van der Waals surface area contributed by atoms with Crippen LogP contribution in [0.3, 0.4) is 0 Å². The van der Waals surface area contributed by atoms with Crippen LogP contribution < -0.4 is 5.46 Å². The van der Waals surface area contributed by atoms with E-state index in [0.717, 1.165) is 40.9 Å². The van der Waals surface area contributed by atoms with Crippen LogP contribution in [0.2, 0.25) is 0 Å². The molecule has 1 unspecified atom stereocenters. The summed E-state index contributed by atoms with van der Waals surface area (Å²) in [7, 11) is -0.387. The average Bonchev–Trinajstić information content (AvgIpc) is 3.38. The number of hydrogen-bond donors (Lipinski definition) is 1. The molecule has 0 spiro atoms. The number of aromatic nitrogens is 2. The van der Waals surface area contributed by atoms with E-state index >= 15 is 0 Å². The number of ether oxygens (including phenoxy) is 1. The third-order valence-corrected chi connectivity index (χ3v) is 6.88. The molecule has 178 valence electrons. The average molecular weight is 453 g/mol. The Labute approximate surface area is 197 Å². The number of likely N-dealkylation sites (tertiary alicyclic amines) is 1. The Morgan fingerprint density at radius 3 is 2.48 bits per heavy atom. The molecular weight excluding hydrogens is 417 g/mol. The number of rotatable bonds is 3. The van der Waals surface area contributed by atoms with Gasteiger partial charge in [0.05, 0.1) is 29.1 Å². The van der Waals surface area contributed by atoms with Crippen molar-refractivity contribution in [2.45, 2.75) is 91.1 Å². The van der Waals surface area contributed by atoms with Crippen molar-refractivity contribution < 1.29 is 18.8 Å². The molecule has 2 saturated heterocycles. The third-order valence-electron chi connectivity index (χ3n) is 6.88. The Bertz CT molecular complexity index is 1020. The fourth-order valence-corrected chi connectivity index (χ4v) is 4.32. The van der Waals surface area contributed by atoms with Crippen LogP contribution in [-0.4, -0.2) is 51.4 Å². The quantitative estimate of drug-likeness (QED) is 0.679. The number of H-pyrrole nitrogens is 1. The lowest BCUT2D eigenvalue weighted by Crippen LogP contribution is -2.41. The molecule has 0 bridgehead atoms. The zero-order chi connectivity index (χ0) is 24.2. The van der Waals surface area contributed by atoms with Crippen molar-refractivity contribution in [3.8, 4) is 11.3 Å². The van der Waals surface area contributed by atoms with Crippen molar-refractivity contribution in [3.05, 3.63) is 35.8 Å². The number of nitrogens with zero attached hydrogens (tertiary/aromatic N) is 2. The molecule has 2 fully saturated rings. The van der Waals surface area contributed by atoms with Gasteiger partial charge >= 0.3 is 13.2 Å². The Hall–Kier alpha value is -2.32. The summed E-state index contributed by atoms with van der Waals surface area (Å²) < 4.78 is 18.0. The molecule has 7 nitrogen and oxygen atoms in total.